The Balaban J connectivity index is 1.98. The van der Waals surface area contributed by atoms with Crippen LogP contribution in [0.1, 0.15) is 31.9 Å². The molecule has 0 saturated carbocycles. The Kier molecular flexibility index (Phi) is 5.80. The van der Waals surface area contributed by atoms with Gasteiger partial charge in [0.15, 0.2) is 0 Å². The van der Waals surface area contributed by atoms with Crippen molar-refractivity contribution < 1.29 is 13.2 Å². The smallest absolute Gasteiger partial charge is 0.242 e. The van der Waals surface area contributed by atoms with Crippen molar-refractivity contribution >= 4 is 10.0 Å². The summed E-state index contributed by atoms with van der Waals surface area (Å²) in [6.07, 6.45) is 4.73. The molecule has 0 aromatic carbocycles. The maximum atomic E-state index is 12.3. The number of hydrogen-bond acceptors (Lipinski definition) is 4. The van der Waals surface area contributed by atoms with Gasteiger partial charge in [-0.05, 0) is 31.9 Å². The molecule has 1 aliphatic heterocycles. The van der Waals surface area contributed by atoms with Gasteiger partial charge >= 0.3 is 0 Å². The summed E-state index contributed by atoms with van der Waals surface area (Å²) in [5.74, 6) is 0. The molecule has 0 amide bonds. The standard InChI is InChI=1S/C14H25N3O3S/c1-3-15-9-12-8-14(11-17(12)2)21(18,19)16-10-13-6-4-5-7-20-13/h8,11,13,15-16H,3-7,9-10H2,1-2H3. The largest absolute Gasteiger partial charge is 0.377 e. The zero-order valence-electron chi connectivity index (χ0n) is 12.8. The van der Waals surface area contributed by atoms with Gasteiger partial charge in [0.2, 0.25) is 10.0 Å². The van der Waals surface area contributed by atoms with E-state index in [1.165, 1.54) is 0 Å². The maximum Gasteiger partial charge on any atom is 0.242 e. The number of hydrogen-bond donors (Lipinski definition) is 2. The molecule has 7 heteroatoms. The highest BCUT2D eigenvalue weighted by molar-refractivity contribution is 7.89. The van der Waals surface area contributed by atoms with Crippen molar-refractivity contribution in [3.63, 3.8) is 0 Å². The highest BCUT2D eigenvalue weighted by Crippen LogP contribution is 2.15. The van der Waals surface area contributed by atoms with E-state index in [1.54, 1.807) is 12.3 Å². The van der Waals surface area contributed by atoms with Crippen molar-refractivity contribution in [3.05, 3.63) is 18.0 Å². The van der Waals surface area contributed by atoms with Crippen LogP contribution < -0.4 is 10.0 Å². The topological polar surface area (TPSA) is 72.4 Å². The molecule has 21 heavy (non-hydrogen) atoms. The van der Waals surface area contributed by atoms with Gasteiger partial charge in [-0.15, -0.1) is 0 Å². The first-order valence-corrected chi connectivity index (χ1v) is 8.98. The Morgan fingerprint density at radius 2 is 2.24 bits per heavy atom. The fourth-order valence-corrected chi connectivity index (χ4v) is 3.57. The molecule has 1 saturated heterocycles. The summed E-state index contributed by atoms with van der Waals surface area (Å²) in [4.78, 5) is 0.314. The molecular formula is C14H25N3O3S. The Morgan fingerprint density at radius 1 is 1.43 bits per heavy atom. The van der Waals surface area contributed by atoms with E-state index in [1.807, 2.05) is 18.5 Å². The van der Waals surface area contributed by atoms with Crippen molar-refractivity contribution in [3.8, 4) is 0 Å². The molecule has 2 rings (SSSR count). The molecular weight excluding hydrogens is 290 g/mol. The van der Waals surface area contributed by atoms with E-state index in [9.17, 15) is 8.42 Å². The average Bonchev–Trinajstić information content (AvgIpc) is 2.86. The van der Waals surface area contributed by atoms with Crippen molar-refractivity contribution in [1.29, 1.82) is 0 Å². The van der Waals surface area contributed by atoms with Gasteiger partial charge in [-0.25, -0.2) is 13.1 Å². The van der Waals surface area contributed by atoms with Gasteiger partial charge in [0.05, 0.1) is 11.0 Å². The van der Waals surface area contributed by atoms with E-state index in [0.29, 0.717) is 18.0 Å². The van der Waals surface area contributed by atoms with E-state index in [2.05, 4.69) is 10.0 Å². The summed E-state index contributed by atoms with van der Waals surface area (Å²) in [5, 5.41) is 3.20. The third-order valence-corrected chi connectivity index (χ3v) is 5.11. The minimum Gasteiger partial charge on any atom is -0.377 e. The summed E-state index contributed by atoms with van der Waals surface area (Å²) < 4.78 is 34.7. The van der Waals surface area contributed by atoms with Crippen LogP contribution in [0.4, 0.5) is 0 Å². The number of nitrogens with one attached hydrogen (secondary N) is 2. The minimum absolute atomic E-state index is 0.00142. The number of ether oxygens (including phenoxy) is 1. The van der Waals surface area contributed by atoms with Crippen LogP contribution >= 0.6 is 0 Å². The molecule has 2 N–H and O–H groups in total. The highest BCUT2D eigenvalue weighted by Gasteiger charge is 2.21. The molecule has 1 fully saturated rings. The van der Waals surface area contributed by atoms with Crippen molar-refractivity contribution in [2.24, 2.45) is 7.05 Å². The first-order valence-electron chi connectivity index (χ1n) is 7.50. The van der Waals surface area contributed by atoms with E-state index in [0.717, 1.165) is 38.1 Å². The SMILES string of the molecule is CCNCc1cc(S(=O)(=O)NCC2CCCCO2)cn1C. The predicted molar refractivity (Wildman–Crippen MR) is 81.6 cm³/mol. The summed E-state index contributed by atoms with van der Waals surface area (Å²) in [6, 6.07) is 1.72. The van der Waals surface area contributed by atoms with Gasteiger partial charge in [-0.1, -0.05) is 6.92 Å². The molecule has 1 unspecified atom stereocenters. The quantitative estimate of drug-likeness (QED) is 0.787. The second kappa shape index (κ2) is 7.40. The Morgan fingerprint density at radius 3 is 2.90 bits per heavy atom. The van der Waals surface area contributed by atoms with Crippen molar-refractivity contribution in [2.45, 2.75) is 43.7 Å². The van der Waals surface area contributed by atoms with Gasteiger partial charge < -0.3 is 14.6 Å². The van der Waals surface area contributed by atoms with Crippen LogP contribution in [0.5, 0.6) is 0 Å². The molecule has 1 aliphatic rings. The molecule has 0 radical (unpaired) electrons. The lowest BCUT2D eigenvalue weighted by Gasteiger charge is -2.22. The second-order valence-corrected chi connectivity index (χ2v) is 7.17. The van der Waals surface area contributed by atoms with Gasteiger partial charge in [0.1, 0.15) is 0 Å². The zero-order valence-corrected chi connectivity index (χ0v) is 13.6. The fourth-order valence-electron chi connectivity index (χ4n) is 2.41. The van der Waals surface area contributed by atoms with E-state index in [-0.39, 0.29) is 6.10 Å². The average molecular weight is 315 g/mol. The van der Waals surface area contributed by atoms with Crippen LogP contribution in [-0.4, -0.2) is 38.8 Å². The molecule has 6 nitrogen and oxygen atoms in total. The second-order valence-electron chi connectivity index (χ2n) is 5.40. The number of nitrogens with zero attached hydrogens (tertiary/aromatic N) is 1. The van der Waals surface area contributed by atoms with E-state index < -0.39 is 10.0 Å². The van der Waals surface area contributed by atoms with Crippen LogP contribution in [0.25, 0.3) is 0 Å². The minimum atomic E-state index is -3.46. The lowest BCUT2D eigenvalue weighted by Crippen LogP contribution is -2.35. The number of aryl methyl sites for hydroxylation is 1. The van der Waals surface area contributed by atoms with E-state index in [4.69, 9.17) is 4.74 Å². The highest BCUT2D eigenvalue weighted by atomic mass is 32.2. The summed E-state index contributed by atoms with van der Waals surface area (Å²) in [6.45, 7) is 4.61. The Hall–Kier alpha value is -0.890. The maximum absolute atomic E-state index is 12.3. The molecule has 2 heterocycles. The molecule has 0 aliphatic carbocycles. The number of aromatic nitrogens is 1. The van der Waals surface area contributed by atoms with Crippen molar-refractivity contribution in [2.75, 3.05) is 19.7 Å². The molecule has 0 spiro atoms. The first kappa shape index (κ1) is 16.5. The van der Waals surface area contributed by atoms with Gasteiger partial charge in [-0.2, -0.15) is 0 Å². The van der Waals surface area contributed by atoms with Crippen molar-refractivity contribution in [1.82, 2.24) is 14.6 Å². The van der Waals surface area contributed by atoms with E-state index >= 15 is 0 Å². The van der Waals surface area contributed by atoms with Crippen LogP contribution in [0, 0.1) is 0 Å². The molecule has 1 atom stereocenters. The Labute approximate surface area is 126 Å². The van der Waals surface area contributed by atoms with Gasteiger partial charge in [0, 0.05) is 38.6 Å². The summed E-state index contributed by atoms with van der Waals surface area (Å²) >= 11 is 0. The van der Waals surface area contributed by atoms with Crippen LogP contribution in [-0.2, 0) is 28.4 Å². The lowest BCUT2D eigenvalue weighted by atomic mass is 10.1. The fraction of sp³-hybridized carbons (Fsp3) is 0.714. The molecule has 120 valence electrons. The number of rotatable bonds is 7. The third-order valence-electron chi connectivity index (χ3n) is 3.72. The molecule has 1 aromatic rings. The molecule has 0 bridgehead atoms. The Bertz CT molecular complexity index is 548. The van der Waals surface area contributed by atoms with Crippen LogP contribution in [0.2, 0.25) is 0 Å². The summed E-state index contributed by atoms with van der Waals surface area (Å²) in [7, 11) is -1.61. The normalized spacial score (nSPS) is 19.8. The van der Waals surface area contributed by atoms with Crippen LogP contribution in [0.15, 0.2) is 17.2 Å². The van der Waals surface area contributed by atoms with Gasteiger partial charge in [0.25, 0.3) is 0 Å². The lowest BCUT2D eigenvalue weighted by molar-refractivity contribution is 0.0200. The number of sulfonamides is 1. The predicted octanol–water partition coefficient (Wildman–Crippen LogP) is 0.982. The van der Waals surface area contributed by atoms with Gasteiger partial charge in [-0.3, -0.25) is 0 Å². The monoisotopic (exact) mass is 315 g/mol. The third kappa shape index (κ3) is 4.54. The zero-order chi connectivity index (χ0) is 15.3. The summed E-state index contributed by atoms with van der Waals surface area (Å²) in [5.41, 5.74) is 0.950. The van der Waals surface area contributed by atoms with Crippen LogP contribution in [0.3, 0.4) is 0 Å². The molecule has 1 aromatic heterocycles. The first-order chi connectivity index (χ1) is 10.0.